The van der Waals surface area contributed by atoms with Crippen LogP contribution < -0.4 is 10.9 Å². The predicted octanol–water partition coefficient (Wildman–Crippen LogP) is 4.51. The highest BCUT2D eigenvalue weighted by Crippen LogP contribution is 2.24. The number of piperidine rings is 1. The standard InChI is InChI=1S/C29H29FN6O/c30-22-11-9-21(10-12-22)19-36-27-8-4-3-7-26(27)33-29(36)32-23-13-15-34(16-14-23)17-18-35-20-31-25-6-2-1-5-24(25)28(35)37/h1-12,20,23H,13-19H2,(H,32,33). The van der Waals surface area contributed by atoms with E-state index in [-0.39, 0.29) is 11.4 Å². The van der Waals surface area contributed by atoms with Gasteiger partial charge in [-0.15, -0.1) is 0 Å². The van der Waals surface area contributed by atoms with Gasteiger partial charge in [-0.1, -0.05) is 36.4 Å². The minimum atomic E-state index is -0.230. The molecule has 0 spiro atoms. The number of hydrogen-bond donors (Lipinski definition) is 1. The topological polar surface area (TPSA) is 68.0 Å². The average Bonchev–Trinajstić information content (AvgIpc) is 3.27. The maximum Gasteiger partial charge on any atom is 0.261 e. The summed E-state index contributed by atoms with van der Waals surface area (Å²) in [5.41, 5.74) is 3.78. The monoisotopic (exact) mass is 496 g/mol. The van der Waals surface area contributed by atoms with E-state index in [9.17, 15) is 9.18 Å². The molecule has 0 amide bonds. The fourth-order valence-electron chi connectivity index (χ4n) is 5.12. The van der Waals surface area contributed by atoms with Crippen LogP contribution in [0.1, 0.15) is 18.4 Å². The van der Waals surface area contributed by atoms with Crippen molar-refractivity contribution in [2.45, 2.75) is 32.0 Å². The number of aromatic nitrogens is 4. The number of imidazole rings is 1. The summed E-state index contributed by atoms with van der Waals surface area (Å²) < 4.78 is 17.3. The molecular weight excluding hydrogens is 467 g/mol. The van der Waals surface area contributed by atoms with Crippen LogP contribution in [0, 0.1) is 5.82 Å². The second-order valence-corrected chi connectivity index (χ2v) is 9.66. The van der Waals surface area contributed by atoms with E-state index in [0.717, 1.165) is 60.5 Å². The van der Waals surface area contributed by atoms with E-state index in [0.29, 0.717) is 24.5 Å². The summed E-state index contributed by atoms with van der Waals surface area (Å²) in [7, 11) is 0. The van der Waals surface area contributed by atoms with Crippen molar-refractivity contribution in [3.63, 3.8) is 0 Å². The summed E-state index contributed by atoms with van der Waals surface area (Å²) >= 11 is 0. The number of anilines is 1. The van der Waals surface area contributed by atoms with Gasteiger partial charge in [0, 0.05) is 32.2 Å². The molecule has 7 nitrogen and oxygen atoms in total. The maximum absolute atomic E-state index is 13.4. The van der Waals surface area contributed by atoms with E-state index in [1.165, 1.54) is 12.1 Å². The molecule has 2 aromatic heterocycles. The van der Waals surface area contributed by atoms with Crippen LogP contribution >= 0.6 is 0 Å². The molecular formula is C29H29FN6O. The first-order valence-electron chi connectivity index (χ1n) is 12.8. The highest BCUT2D eigenvalue weighted by molar-refractivity contribution is 5.79. The first-order valence-corrected chi connectivity index (χ1v) is 12.8. The zero-order chi connectivity index (χ0) is 25.2. The molecule has 1 aliphatic rings. The lowest BCUT2D eigenvalue weighted by Crippen LogP contribution is -2.41. The molecule has 1 aliphatic heterocycles. The molecule has 5 aromatic rings. The van der Waals surface area contributed by atoms with E-state index < -0.39 is 0 Å². The highest BCUT2D eigenvalue weighted by Gasteiger charge is 2.21. The van der Waals surface area contributed by atoms with E-state index in [4.69, 9.17) is 4.98 Å². The molecule has 37 heavy (non-hydrogen) atoms. The van der Waals surface area contributed by atoms with Crippen molar-refractivity contribution in [3.8, 4) is 0 Å². The third-order valence-electron chi connectivity index (χ3n) is 7.22. The lowest BCUT2D eigenvalue weighted by molar-refractivity contribution is 0.210. The third-order valence-corrected chi connectivity index (χ3v) is 7.22. The quantitative estimate of drug-likeness (QED) is 0.359. The van der Waals surface area contributed by atoms with Crippen LogP contribution in [0.3, 0.4) is 0 Å². The van der Waals surface area contributed by atoms with Gasteiger partial charge in [-0.3, -0.25) is 9.36 Å². The summed E-state index contributed by atoms with van der Waals surface area (Å²) in [5.74, 6) is 0.615. The van der Waals surface area contributed by atoms with Crippen molar-refractivity contribution in [1.29, 1.82) is 0 Å². The lowest BCUT2D eigenvalue weighted by atomic mass is 10.1. The SMILES string of the molecule is O=c1c2ccccc2ncn1CCN1CCC(Nc2nc3ccccc3n2Cc2ccc(F)cc2)CC1. The van der Waals surface area contributed by atoms with E-state index in [2.05, 4.69) is 25.8 Å². The van der Waals surface area contributed by atoms with Gasteiger partial charge in [0.05, 0.1) is 34.8 Å². The summed E-state index contributed by atoms with van der Waals surface area (Å²) in [6.45, 7) is 3.96. The summed E-state index contributed by atoms with van der Waals surface area (Å²) in [4.78, 5) is 24.5. The van der Waals surface area contributed by atoms with Gasteiger partial charge in [0.2, 0.25) is 5.95 Å². The van der Waals surface area contributed by atoms with Crippen LogP contribution in [-0.2, 0) is 13.1 Å². The Bertz CT molecular complexity index is 1580. The molecule has 0 aliphatic carbocycles. The third kappa shape index (κ3) is 4.97. The molecule has 0 bridgehead atoms. The van der Waals surface area contributed by atoms with Crippen molar-refractivity contribution < 1.29 is 4.39 Å². The lowest BCUT2D eigenvalue weighted by Gasteiger charge is -2.32. The number of hydrogen-bond acceptors (Lipinski definition) is 5. The van der Waals surface area contributed by atoms with Gasteiger partial charge < -0.3 is 14.8 Å². The normalized spacial score (nSPS) is 14.9. The van der Waals surface area contributed by atoms with Gasteiger partial charge in [0.1, 0.15) is 5.82 Å². The molecule has 6 rings (SSSR count). The molecule has 0 saturated carbocycles. The second-order valence-electron chi connectivity index (χ2n) is 9.66. The molecule has 1 fully saturated rings. The van der Waals surface area contributed by atoms with Crippen LogP contribution in [0.15, 0.2) is 83.9 Å². The second kappa shape index (κ2) is 10.1. The van der Waals surface area contributed by atoms with Gasteiger partial charge in [0.15, 0.2) is 0 Å². The van der Waals surface area contributed by atoms with Crippen molar-refractivity contribution in [2.24, 2.45) is 0 Å². The number of para-hydroxylation sites is 3. The van der Waals surface area contributed by atoms with Gasteiger partial charge >= 0.3 is 0 Å². The van der Waals surface area contributed by atoms with Crippen molar-refractivity contribution >= 4 is 27.9 Å². The van der Waals surface area contributed by atoms with Crippen molar-refractivity contribution in [2.75, 3.05) is 25.0 Å². The Labute approximate surface area is 214 Å². The van der Waals surface area contributed by atoms with E-state index >= 15 is 0 Å². The van der Waals surface area contributed by atoms with Gasteiger partial charge in [0.25, 0.3) is 5.56 Å². The van der Waals surface area contributed by atoms with E-state index in [1.54, 1.807) is 10.9 Å². The fourth-order valence-corrected chi connectivity index (χ4v) is 5.12. The Morgan fingerprint density at radius 2 is 1.62 bits per heavy atom. The van der Waals surface area contributed by atoms with Crippen LogP contribution in [-0.4, -0.2) is 49.7 Å². The average molecular weight is 497 g/mol. The minimum Gasteiger partial charge on any atom is -0.353 e. The maximum atomic E-state index is 13.4. The fraction of sp³-hybridized carbons (Fsp3) is 0.276. The first-order chi connectivity index (χ1) is 18.1. The molecule has 3 heterocycles. The molecule has 0 radical (unpaired) electrons. The predicted molar refractivity (Wildman–Crippen MR) is 144 cm³/mol. The molecule has 8 heteroatoms. The highest BCUT2D eigenvalue weighted by atomic mass is 19.1. The Balaban J connectivity index is 1.10. The molecule has 1 saturated heterocycles. The van der Waals surface area contributed by atoms with Gasteiger partial charge in [-0.05, 0) is 54.8 Å². The zero-order valence-electron chi connectivity index (χ0n) is 20.6. The number of nitrogens with one attached hydrogen (secondary N) is 1. The zero-order valence-corrected chi connectivity index (χ0v) is 20.6. The number of likely N-dealkylation sites (tertiary alicyclic amines) is 1. The Kier molecular flexibility index (Phi) is 6.40. The Morgan fingerprint density at radius 3 is 2.43 bits per heavy atom. The van der Waals surface area contributed by atoms with Gasteiger partial charge in [-0.25, -0.2) is 14.4 Å². The van der Waals surface area contributed by atoms with Crippen molar-refractivity contribution in [1.82, 2.24) is 24.0 Å². The Morgan fingerprint density at radius 1 is 0.892 bits per heavy atom. The molecule has 188 valence electrons. The summed E-state index contributed by atoms with van der Waals surface area (Å²) in [6.07, 6.45) is 3.64. The van der Waals surface area contributed by atoms with Crippen molar-refractivity contribution in [3.05, 3.63) is 101 Å². The summed E-state index contributed by atoms with van der Waals surface area (Å²) in [6, 6.07) is 22.5. The van der Waals surface area contributed by atoms with Crippen LogP contribution in [0.4, 0.5) is 10.3 Å². The number of fused-ring (bicyclic) bond motifs is 2. The molecule has 1 N–H and O–H groups in total. The van der Waals surface area contributed by atoms with E-state index in [1.807, 2.05) is 54.6 Å². The molecule has 3 aromatic carbocycles. The molecule has 0 unspecified atom stereocenters. The van der Waals surface area contributed by atoms with Crippen LogP contribution in [0.5, 0.6) is 0 Å². The summed E-state index contributed by atoms with van der Waals surface area (Å²) in [5, 5.41) is 4.34. The van der Waals surface area contributed by atoms with Gasteiger partial charge in [-0.2, -0.15) is 0 Å². The van der Waals surface area contributed by atoms with Crippen LogP contribution in [0.2, 0.25) is 0 Å². The minimum absolute atomic E-state index is 0.0159. The Hall–Kier alpha value is -4.04. The number of benzene rings is 3. The number of nitrogens with zero attached hydrogens (tertiary/aromatic N) is 5. The first kappa shape index (κ1) is 23.4. The molecule has 0 atom stereocenters. The van der Waals surface area contributed by atoms with Crippen LogP contribution in [0.25, 0.3) is 21.9 Å². The smallest absolute Gasteiger partial charge is 0.261 e. The number of halogens is 1. The number of rotatable bonds is 7. The largest absolute Gasteiger partial charge is 0.353 e.